The SMILES string of the molecule is CC(C)(CCO)Nc1ncc([N+](=O)[O-])cc1Cl. The van der Waals surface area contributed by atoms with Gasteiger partial charge in [-0.15, -0.1) is 0 Å². The lowest BCUT2D eigenvalue weighted by Crippen LogP contribution is -2.32. The maximum Gasteiger partial charge on any atom is 0.289 e. The summed E-state index contributed by atoms with van der Waals surface area (Å²) in [5.41, 5.74) is -0.540. The molecule has 1 aromatic heterocycles. The first kappa shape index (κ1) is 13.7. The molecular formula is C10H14ClN3O3. The number of nitrogens with zero attached hydrogens (tertiary/aromatic N) is 2. The second-order valence-electron chi connectivity index (χ2n) is 4.26. The maximum absolute atomic E-state index is 10.5. The molecule has 2 N–H and O–H groups in total. The van der Waals surface area contributed by atoms with Gasteiger partial charge in [-0.1, -0.05) is 11.6 Å². The molecule has 0 unspecified atom stereocenters. The zero-order chi connectivity index (χ0) is 13.1. The van der Waals surface area contributed by atoms with Crippen molar-refractivity contribution in [2.24, 2.45) is 0 Å². The van der Waals surface area contributed by atoms with E-state index >= 15 is 0 Å². The Balaban J connectivity index is 2.90. The van der Waals surface area contributed by atoms with Gasteiger partial charge in [0, 0.05) is 18.2 Å². The van der Waals surface area contributed by atoms with Gasteiger partial charge in [0.05, 0.1) is 9.95 Å². The Morgan fingerprint density at radius 1 is 1.65 bits per heavy atom. The second-order valence-corrected chi connectivity index (χ2v) is 4.67. The quantitative estimate of drug-likeness (QED) is 0.625. The molecule has 1 aromatic rings. The first-order valence-corrected chi connectivity index (χ1v) is 5.42. The summed E-state index contributed by atoms with van der Waals surface area (Å²) in [5, 5.41) is 22.6. The number of hydrogen-bond acceptors (Lipinski definition) is 5. The molecule has 0 saturated carbocycles. The fourth-order valence-corrected chi connectivity index (χ4v) is 1.49. The molecule has 94 valence electrons. The van der Waals surface area contributed by atoms with Crippen LogP contribution in [0.3, 0.4) is 0 Å². The number of hydrogen-bond donors (Lipinski definition) is 2. The molecular weight excluding hydrogens is 246 g/mol. The number of nitro groups is 1. The summed E-state index contributed by atoms with van der Waals surface area (Å²) in [4.78, 5) is 13.9. The van der Waals surface area contributed by atoms with E-state index in [2.05, 4.69) is 10.3 Å². The van der Waals surface area contributed by atoms with E-state index in [1.54, 1.807) is 0 Å². The first-order chi connectivity index (χ1) is 7.85. The zero-order valence-corrected chi connectivity index (χ0v) is 10.4. The van der Waals surface area contributed by atoms with Crippen molar-refractivity contribution < 1.29 is 10.0 Å². The van der Waals surface area contributed by atoms with Crippen LogP contribution in [-0.2, 0) is 0 Å². The van der Waals surface area contributed by atoms with Crippen molar-refractivity contribution in [3.63, 3.8) is 0 Å². The number of aromatic nitrogens is 1. The minimum absolute atomic E-state index is 0.0323. The van der Waals surface area contributed by atoms with Crippen molar-refractivity contribution in [3.05, 3.63) is 27.4 Å². The van der Waals surface area contributed by atoms with Crippen LogP contribution in [0.1, 0.15) is 20.3 Å². The standard InChI is InChI=1S/C10H14ClN3O3/c1-10(2,3-4-15)13-9-8(11)5-7(6-12-9)14(16)17/h5-6,15H,3-4H2,1-2H3,(H,12,13). The molecule has 0 aromatic carbocycles. The van der Waals surface area contributed by atoms with Crippen LogP contribution in [-0.4, -0.2) is 27.2 Å². The summed E-state index contributed by atoms with van der Waals surface area (Å²) in [6, 6.07) is 1.24. The van der Waals surface area contributed by atoms with E-state index in [4.69, 9.17) is 16.7 Å². The Hall–Kier alpha value is -1.40. The van der Waals surface area contributed by atoms with E-state index in [0.29, 0.717) is 12.2 Å². The van der Waals surface area contributed by atoms with E-state index < -0.39 is 4.92 Å². The molecule has 0 amide bonds. The topological polar surface area (TPSA) is 88.3 Å². The average molecular weight is 260 g/mol. The predicted octanol–water partition coefficient (Wildman–Crippen LogP) is 2.22. The number of pyridine rings is 1. The lowest BCUT2D eigenvalue weighted by atomic mass is 10.0. The van der Waals surface area contributed by atoms with Crippen LogP contribution < -0.4 is 5.32 Å². The zero-order valence-electron chi connectivity index (χ0n) is 9.61. The number of aliphatic hydroxyl groups excluding tert-OH is 1. The Kier molecular flexibility index (Phi) is 4.25. The highest BCUT2D eigenvalue weighted by Crippen LogP contribution is 2.26. The molecule has 0 saturated heterocycles. The fourth-order valence-electron chi connectivity index (χ4n) is 1.28. The van der Waals surface area contributed by atoms with Gasteiger partial charge in [-0.05, 0) is 20.3 Å². The molecule has 0 fully saturated rings. The number of aliphatic hydroxyl groups is 1. The van der Waals surface area contributed by atoms with Gasteiger partial charge in [-0.2, -0.15) is 0 Å². The Morgan fingerprint density at radius 2 is 2.29 bits per heavy atom. The van der Waals surface area contributed by atoms with Crippen molar-refractivity contribution in [1.29, 1.82) is 0 Å². The highest BCUT2D eigenvalue weighted by Gasteiger charge is 2.20. The van der Waals surface area contributed by atoms with Gasteiger partial charge in [-0.3, -0.25) is 10.1 Å². The lowest BCUT2D eigenvalue weighted by molar-refractivity contribution is -0.385. The first-order valence-electron chi connectivity index (χ1n) is 5.05. The molecule has 0 radical (unpaired) electrons. The van der Waals surface area contributed by atoms with Crippen molar-refractivity contribution in [3.8, 4) is 0 Å². The number of anilines is 1. The summed E-state index contributed by atoms with van der Waals surface area (Å²) >= 11 is 5.89. The van der Waals surface area contributed by atoms with Crippen molar-refractivity contribution in [2.75, 3.05) is 11.9 Å². The Bertz CT molecular complexity index is 423. The van der Waals surface area contributed by atoms with Gasteiger partial charge in [0.15, 0.2) is 0 Å². The van der Waals surface area contributed by atoms with Crippen LogP contribution in [0.2, 0.25) is 5.02 Å². The molecule has 17 heavy (non-hydrogen) atoms. The van der Waals surface area contributed by atoms with E-state index in [1.807, 2.05) is 13.8 Å². The summed E-state index contributed by atoms with van der Waals surface area (Å²) in [6.45, 7) is 3.79. The van der Waals surface area contributed by atoms with Crippen LogP contribution in [0.15, 0.2) is 12.3 Å². The summed E-state index contributed by atoms with van der Waals surface area (Å²) in [6.07, 6.45) is 1.66. The maximum atomic E-state index is 10.5. The molecule has 0 spiro atoms. The highest BCUT2D eigenvalue weighted by molar-refractivity contribution is 6.33. The van der Waals surface area contributed by atoms with Crippen LogP contribution in [0.5, 0.6) is 0 Å². The van der Waals surface area contributed by atoms with Gasteiger partial charge >= 0.3 is 0 Å². The summed E-state index contributed by atoms with van der Waals surface area (Å²) in [7, 11) is 0. The second kappa shape index (κ2) is 5.29. The monoisotopic (exact) mass is 259 g/mol. The minimum Gasteiger partial charge on any atom is -0.396 e. The van der Waals surface area contributed by atoms with Gasteiger partial charge < -0.3 is 10.4 Å². The molecule has 1 rings (SSSR count). The molecule has 7 heteroatoms. The van der Waals surface area contributed by atoms with E-state index in [-0.39, 0.29) is 22.9 Å². The van der Waals surface area contributed by atoms with E-state index in [0.717, 1.165) is 6.20 Å². The lowest BCUT2D eigenvalue weighted by Gasteiger charge is -2.26. The molecule has 1 heterocycles. The largest absolute Gasteiger partial charge is 0.396 e. The van der Waals surface area contributed by atoms with Gasteiger partial charge in [0.1, 0.15) is 12.0 Å². The summed E-state index contributed by atoms with van der Waals surface area (Å²) < 4.78 is 0. The van der Waals surface area contributed by atoms with Crippen molar-refractivity contribution in [1.82, 2.24) is 4.98 Å². The molecule has 0 aliphatic carbocycles. The van der Waals surface area contributed by atoms with Crippen molar-refractivity contribution in [2.45, 2.75) is 25.8 Å². The van der Waals surface area contributed by atoms with E-state index in [1.165, 1.54) is 6.07 Å². The molecule has 0 atom stereocenters. The third-order valence-electron chi connectivity index (χ3n) is 2.23. The van der Waals surface area contributed by atoms with Gasteiger partial charge in [0.25, 0.3) is 5.69 Å². The van der Waals surface area contributed by atoms with Crippen LogP contribution in [0, 0.1) is 10.1 Å². The van der Waals surface area contributed by atoms with Gasteiger partial charge in [0.2, 0.25) is 0 Å². The Morgan fingerprint density at radius 3 is 2.76 bits per heavy atom. The van der Waals surface area contributed by atoms with Gasteiger partial charge in [-0.25, -0.2) is 4.98 Å². The molecule has 0 bridgehead atoms. The smallest absolute Gasteiger partial charge is 0.289 e. The third kappa shape index (κ3) is 3.83. The third-order valence-corrected chi connectivity index (χ3v) is 2.52. The molecule has 0 aliphatic heterocycles. The number of halogens is 1. The Labute approximate surface area is 104 Å². The van der Waals surface area contributed by atoms with Crippen LogP contribution >= 0.6 is 11.6 Å². The van der Waals surface area contributed by atoms with Crippen LogP contribution in [0.4, 0.5) is 11.5 Å². The van der Waals surface area contributed by atoms with Crippen molar-refractivity contribution >= 4 is 23.1 Å². The molecule has 0 aliphatic rings. The summed E-state index contributed by atoms with van der Waals surface area (Å²) in [5.74, 6) is 0.371. The minimum atomic E-state index is -0.554. The van der Waals surface area contributed by atoms with E-state index in [9.17, 15) is 10.1 Å². The average Bonchev–Trinajstić information content (AvgIpc) is 2.20. The fraction of sp³-hybridized carbons (Fsp3) is 0.500. The number of rotatable bonds is 5. The number of nitrogens with one attached hydrogen (secondary N) is 1. The van der Waals surface area contributed by atoms with Crippen LogP contribution in [0.25, 0.3) is 0 Å². The molecule has 6 nitrogen and oxygen atoms in total. The normalized spacial score (nSPS) is 11.3. The predicted molar refractivity (Wildman–Crippen MR) is 65.3 cm³/mol. The highest BCUT2D eigenvalue weighted by atomic mass is 35.5.